The topological polar surface area (TPSA) is 82.5 Å². The lowest BCUT2D eigenvalue weighted by Gasteiger charge is -2.40. The Hall–Kier alpha value is -2.70. The fraction of sp³-hybridized carbons (Fsp3) is 0.414. The van der Waals surface area contributed by atoms with Crippen molar-refractivity contribution in [1.29, 1.82) is 0 Å². The SMILES string of the molecule is CC(C)C1(CCc2ccccc2CO)CC(O)=C(Sc2cc3cc[nH]c3cc2C(C)(C)C)C(=O)O1. The molecule has 5 nitrogen and oxygen atoms in total. The van der Waals surface area contributed by atoms with E-state index >= 15 is 0 Å². The normalized spacial score (nSPS) is 19.0. The van der Waals surface area contributed by atoms with Crippen LogP contribution in [0, 0.1) is 5.92 Å². The Bertz CT molecular complexity index is 1270. The number of aliphatic hydroxyl groups is 2. The van der Waals surface area contributed by atoms with Crippen LogP contribution in [0.15, 0.2) is 64.2 Å². The van der Waals surface area contributed by atoms with E-state index in [-0.39, 0.29) is 35.0 Å². The maximum atomic E-state index is 13.3. The monoisotopic (exact) mass is 493 g/mol. The molecule has 1 unspecified atom stereocenters. The minimum atomic E-state index is -0.800. The van der Waals surface area contributed by atoms with Gasteiger partial charge in [0, 0.05) is 28.4 Å². The number of benzene rings is 2. The molecule has 3 N–H and O–H groups in total. The Labute approximate surface area is 211 Å². The standard InChI is InChI=1S/C29H35NO4S/c1-18(2)29(12-10-19-8-6-7-9-21(19)17-31)16-24(32)26(27(33)34-29)35-25-14-20-11-13-30-23(20)15-22(25)28(3,4)5/h6-9,11,13-15,18,30-32H,10,12,16-17H2,1-5H3. The molecule has 35 heavy (non-hydrogen) atoms. The number of H-pyrrole nitrogens is 1. The van der Waals surface area contributed by atoms with Gasteiger partial charge in [-0.25, -0.2) is 4.79 Å². The molecule has 4 rings (SSSR count). The Morgan fingerprint density at radius 1 is 1.14 bits per heavy atom. The molecule has 2 aromatic carbocycles. The molecule has 0 aliphatic carbocycles. The van der Waals surface area contributed by atoms with Crippen LogP contribution in [-0.4, -0.2) is 26.8 Å². The largest absolute Gasteiger partial charge is 0.511 e. The number of aliphatic hydroxyl groups excluding tert-OH is 2. The number of ether oxygens (including phenoxy) is 1. The Kier molecular flexibility index (Phi) is 7.07. The van der Waals surface area contributed by atoms with Crippen molar-refractivity contribution >= 4 is 28.6 Å². The Morgan fingerprint density at radius 3 is 2.49 bits per heavy atom. The summed E-state index contributed by atoms with van der Waals surface area (Å²) in [6.07, 6.45) is 3.40. The summed E-state index contributed by atoms with van der Waals surface area (Å²) in [6, 6.07) is 14.0. The maximum Gasteiger partial charge on any atom is 0.349 e. The van der Waals surface area contributed by atoms with E-state index < -0.39 is 11.6 Å². The van der Waals surface area contributed by atoms with Crippen LogP contribution in [-0.2, 0) is 28.0 Å². The summed E-state index contributed by atoms with van der Waals surface area (Å²) < 4.78 is 6.14. The second kappa shape index (κ2) is 9.75. The zero-order valence-electron chi connectivity index (χ0n) is 21.1. The van der Waals surface area contributed by atoms with Crippen molar-refractivity contribution in [2.75, 3.05) is 0 Å². The van der Waals surface area contributed by atoms with Crippen LogP contribution >= 0.6 is 11.8 Å². The Balaban J connectivity index is 1.64. The van der Waals surface area contributed by atoms with Crippen LogP contribution in [0.1, 0.15) is 64.2 Å². The number of cyclic esters (lactones) is 1. The van der Waals surface area contributed by atoms with Gasteiger partial charge >= 0.3 is 5.97 Å². The molecule has 0 bridgehead atoms. The van der Waals surface area contributed by atoms with E-state index in [0.29, 0.717) is 12.8 Å². The van der Waals surface area contributed by atoms with Gasteiger partial charge in [-0.3, -0.25) is 0 Å². The molecule has 186 valence electrons. The summed E-state index contributed by atoms with van der Waals surface area (Å²) in [5, 5.41) is 21.9. The Morgan fingerprint density at radius 2 is 1.86 bits per heavy atom. The molecule has 0 saturated carbocycles. The number of thioether (sulfide) groups is 1. The highest BCUT2D eigenvalue weighted by Crippen LogP contribution is 2.45. The van der Waals surface area contributed by atoms with E-state index in [1.165, 1.54) is 11.8 Å². The van der Waals surface area contributed by atoms with Gasteiger partial charge in [-0.15, -0.1) is 0 Å². The average molecular weight is 494 g/mol. The fourth-order valence-electron chi connectivity index (χ4n) is 4.76. The molecule has 6 heteroatoms. The number of rotatable bonds is 7. The average Bonchev–Trinajstić information content (AvgIpc) is 3.26. The number of fused-ring (bicyclic) bond motifs is 1. The summed E-state index contributed by atoms with van der Waals surface area (Å²) in [6.45, 7) is 10.4. The molecule has 2 heterocycles. The number of carbonyl (C=O) groups excluding carboxylic acids is 1. The van der Waals surface area contributed by atoms with Crippen LogP contribution in [0.3, 0.4) is 0 Å². The van der Waals surface area contributed by atoms with Gasteiger partial charge < -0.3 is 19.9 Å². The third-order valence-electron chi connectivity index (χ3n) is 7.04. The highest BCUT2D eigenvalue weighted by Gasteiger charge is 2.44. The van der Waals surface area contributed by atoms with Crippen molar-refractivity contribution in [3.05, 3.63) is 76.0 Å². The maximum absolute atomic E-state index is 13.3. The number of nitrogens with one attached hydrogen (secondary N) is 1. The van der Waals surface area contributed by atoms with Gasteiger partial charge in [0.2, 0.25) is 0 Å². The second-order valence-electron chi connectivity index (χ2n) is 10.8. The van der Waals surface area contributed by atoms with Crippen molar-refractivity contribution in [3.8, 4) is 0 Å². The zero-order chi connectivity index (χ0) is 25.4. The van der Waals surface area contributed by atoms with Crippen LogP contribution in [0.4, 0.5) is 0 Å². The summed E-state index contributed by atoms with van der Waals surface area (Å²) in [5.41, 5.74) is 3.12. The third-order valence-corrected chi connectivity index (χ3v) is 8.21. The van der Waals surface area contributed by atoms with Gasteiger partial charge in [-0.2, -0.15) is 0 Å². The molecular weight excluding hydrogens is 458 g/mol. The number of esters is 1. The number of hydrogen-bond donors (Lipinski definition) is 3. The quantitative estimate of drug-likeness (QED) is 0.316. The van der Waals surface area contributed by atoms with Crippen molar-refractivity contribution in [2.45, 2.75) is 76.4 Å². The van der Waals surface area contributed by atoms with Gasteiger partial charge in [0.05, 0.1) is 6.61 Å². The molecular formula is C29H35NO4S. The minimum absolute atomic E-state index is 0.0165. The molecule has 3 aromatic rings. The summed E-state index contributed by atoms with van der Waals surface area (Å²) >= 11 is 1.29. The van der Waals surface area contributed by atoms with Crippen LogP contribution in [0.25, 0.3) is 10.9 Å². The predicted molar refractivity (Wildman–Crippen MR) is 141 cm³/mol. The molecule has 0 amide bonds. The van der Waals surface area contributed by atoms with Gasteiger partial charge in [-0.1, -0.05) is 70.6 Å². The second-order valence-corrected chi connectivity index (χ2v) is 11.8. The highest BCUT2D eigenvalue weighted by molar-refractivity contribution is 8.04. The summed E-state index contributed by atoms with van der Waals surface area (Å²) in [7, 11) is 0. The number of hydrogen-bond acceptors (Lipinski definition) is 5. The summed E-state index contributed by atoms with van der Waals surface area (Å²) in [5.74, 6) is -0.371. The number of aryl methyl sites for hydroxylation is 1. The number of aromatic nitrogens is 1. The van der Waals surface area contributed by atoms with E-state index in [1.807, 2.05) is 50.4 Å². The van der Waals surface area contributed by atoms with Crippen molar-refractivity contribution in [3.63, 3.8) is 0 Å². The van der Waals surface area contributed by atoms with Gasteiger partial charge in [-0.05, 0) is 59.1 Å². The van der Waals surface area contributed by atoms with E-state index in [4.69, 9.17) is 4.74 Å². The van der Waals surface area contributed by atoms with E-state index in [2.05, 4.69) is 37.9 Å². The van der Waals surface area contributed by atoms with Gasteiger partial charge in [0.1, 0.15) is 16.3 Å². The molecule has 1 atom stereocenters. The molecule has 0 spiro atoms. The first-order valence-electron chi connectivity index (χ1n) is 12.2. The molecule has 1 aliphatic rings. The lowest BCUT2D eigenvalue weighted by Crippen LogP contribution is -2.44. The van der Waals surface area contributed by atoms with Crippen LogP contribution in [0.2, 0.25) is 0 Å². The predicted octanol–water partition coefficient (Wildman–Crippen LogP) is 6.79. The van der Waals surface area contributed by atoms with Crippen molar-refractivity contribution < 1.29 is 19.7 Å². The number of carbonyl (C=O) groups is 1. The van der Waals surface area contributed by atoms with Gasteiger partial charge in [0.25, 0.3) is 0 Å². The van der Waals surface area contributed by atoms with E-state index in [1.54, 1.807) is 0 Å². The van der Waals surface area contributed by atoms with Crippen molar-refractivity contribution in [1.82, 2.24) is 4.98 Å². The smallest absolute Gasteiger partial charge is 0.349 e. The lowest BCUT2D eigenvalue weighted by molar-refractivity contribution is -0.164. The molecule has 0 saturated heterocycles. The van der Waals surface area contributed by atoms with E-state index in [0.717, 1.165) is 32.5 Å². The fourth-order valence-corrected chi connectivity index (χ4v) is 5.96. The van der Waals surface area contributed by atoms with E-state index in [9.17, 15) is 15.0 Å². The minimum Gasteiger partial charge on any atom is -0.511 e. The van der Waals surface area contributed by atoms with Crippen LogP contribution in [0.5, 0.6) is 0 Å². The lowest BCUT2D eigenvalue weighted by atomic mass is 9.79. The number of aromatic amines is 1. The molecule has 1 aliphatic heterocycles. The van der Waals surface area contributed by atoms with Crippen LogP contribution < -0.4 is 0 Å². The highest BCUT2D eigenvalue weighted by atomic mass is 32.2. The van der Waals surface area contributed by atoms with Crippen molar-refractivity contribution in [2.24, 2.45) is 5.92 Å². The summed E-state index contributed by atoms with van der Waals surface area (Å²) in [4.78, 5) is 17.8. The first kappa shape index (κ1) is 25.4. The molecule has 0 fully saturated rings. The molecule has 0 radical (unpaired) electrons. The van der Waals surface area contributed by atoms with Gasteiger partial charge in [0.15, 0.2) is 0 Å². The third kappa shape index (κ3) is 5.14. The molecule has 1 aromatic heterocycles. The zero-order valence-corrected chi connectivity index (χ0v) is 22.0. The first-order valence-corrected chi connectivity index (χ1v) is 13.0. The first-order chi connectivity index (χ1) is 16.5.